The van der Waals surface area contributed by atoms with E-state index in [9.17, 15) is 14.7 Å². The number of rotatable bonds is 2. The number of hydrogen-bond donors (Lipinski definition) is 3. The number of urea groups is 1. The van der Waals surface area contributed by atoms with Gasteiger partial charge in [-0.3, -0.25) is 0 Å². The van der Waals surface area contributed by atoms with Crippen LogP contribution in [0.25, 0.3) is 0 Å². The van der Waals surface area contributed by atoms with Crippen LogP contribution in [0.3, 0.4) is 0 Å². The molecule has 6 nitrogen and oxygen atoms in total. The average Bonchev–Trinajstić information content (AvgIpc) is 2.75. The minimum Gasteiger partial charge on any atom is -0.480 e. The summed E-state index contributed by atoms with van der Waals surface area (Å²) in [7, 11) is 0. The van der Waals surface area contributed by atoms with Gasteiger partial charge in [0.05, 0.1) is 16.8 Å². The Hall–Kier alpha value is -1.79. The van der Waals surface area contributed by atoms with Crippen molar-refractivity contribution in [3.05, 3.63) is 28.8 Å². The van der Waals surface area contributed by atoms with E-state index in [-0.39, 0.29) is 13.0 Å². The number of aliphatic hydroxyl groups is 1. The number of carboxylic acids is 1. The zero-order valence-corrected chi connectivity index (χ0v) is 11.6. The Morgan fingerprint density at radius 2 is 2.15 bits per heavy atom. The third-order valence-corrected chi connectivity index (χ3v) is 3.50. The molecule has 1 heterocycles. The Balaban J connectivity index is 2.13. The number of benzene rings is 1. The lowest BCUT2D eigenvalue weighted by Gasteiger charge is -2.22. The van der Waals surface area contributed by atoms with E-state index in [0.29, 0.717) is 10.7 Å². The molecule has 1 aromatic carbocycles. The molecule has 0 aliphatic carbocycles. The van der Waals surface area contributed by atoms with Crippen LogP contribution in [0.1, 0.15) is 12.0 Å². The fourth-order valence-corrected chi connectivity index (χ4v) is 2.46. The molecule has 0 radical (unpaired) electrons. The Morgan fingerprint density at radius 3 is 2.75 bits per heavy atom. The van der Waals surface area contributed by atoms with Crippen LogP contribution in [0.15, 0.2) is 18.2 Å². The molecule has 1 aromatic rings. The van der Waals surface area contributed by atoms with E-state index in [4.69, 9.17) is 16.7 Å². The van der Waals surface area contributed by atoms with Crippen LogP contribution in [0.5, 0.6) is 0 Å². The number of halogens is 1. The molecule has 7 heteroatoms. The second-order valence-electron chi connectivity index (χ2n) is 4.81. The number of aryl methyl sites for hydroxylation is 1. The molecule has 2 atom stereocenters. The number of nitrogens with one attached hydrogen (secondary N) is 1. The average molecular weight is 299 g/mol. The summed E-state index contributed by atoms with van der Waals surface area (Å²) in [5, 5.41) is 21.5. The van der Waals surface area contributed by atoms with Gasteiger partial charge in [-0.15, -0.1) is 0 Å². The number of β-amino-alcohol motifs (C(OH)–C–C–N with tert-alkyl or cyclic N) is 1. The molecule has 1 fully saturated rings. The maximum Gasteiger partial charge on any atom is 0.326 e. The van der Waals surface area contributed by atoms with Gasteiger partial charge in [0.1, 0.15) is 6.04 Å². The van der Waals surface area contributed by atoms with E-state index in [1.807, 2.05) is 6.92 Å². The number of carboxylic acid groups (broad SMARTS) is 1. The van der Waals surface area contributed by atoms with Crippen LogP contribution in [0, 0.1) is 6.92 Å². The van der Waals surface area contributed by atoms with Crippen molar-refractivity contribution in [3.8, 4) is 0 Å². The van der Waals surface area contributed by atoms with Gasteiger partial charge in [-0.1, -0.05) is 17.7 Å². The first-order valence-electron chi connectivity index (χ1n) is 6.13. The molecule has 0 unspecified atom stereocenters. The third kappa shape index (κ3) is 3.02. The smallest absolute Gasteiger partial charge is 0.326 e. The Bertz CT molecular complexity index is 549. The molecule has 3 N–H and O–H groups in total. The standard InChI is InChI=1S/C13H15ClN2O4/c1-7-2-3-10(9(14)4-7)15-13(20)16-6-8(17)5-11(16)12(18)19/h2-4,8,11,17H,5-6H2,1H3,(H,15,20)(H,18,19)/t8-,11+/m1/s1. The number of hydrogen-bond acceptors (Lipinski definition) is 3. The number of aliphatic hydroxyl groups excluding tert-OH is 1. The van der Waals surface area contributed by atoms with Crippen molar-refractivity contribution in [1.29, 1.82) is 0 Å². The van der Waals surface area contributed by atoms with Crippen molar-refractivity contribution in [2.75, 3.05) is 11.9 Å². The van der Waals surface area contributed by atoms with Crippen molar-refractivity contribution < 1.29 is 19.8 Å². The lowest BCUT2D eigenvalue weighted by Crippen LogP contribution is -2.43. The number of aliphatic carboxylic acids is 1. The Morgan fingerprint density at radius 1 is 1.45 bits per heavy atom. The number of anilines is 1. The van der Waals surface area contributed by atoms with Gasteiger partial charge in [0.2, 0.25) is 0 Å². The zero-order valence-electron chi connectivity index (χ0n) is 10.8. The van der Waals surface area contributed by atoms with Crippen LogP contribution in [0.4, 0.5) is 10.5 Å². The minimum absolute atomic E-state index is 0.00766. The van der Waals surface area contributed by atoms with E-state index < -0.39 is 24.1 Å². The molecular weight excluding hydrogens is 284 g/mol. The van der Waals surface area contributed by atoms with Gasteiger partial charge in [-0.05, 0) is 24.6 Å². The number of likely N-dealkylation sites (tertiary alicyclic amines) is 1. The first kappa shape index (κ1) is 14.6. The fourth-order valence-electron chi connectivity index (χ4n) is 2.18. The summed E-state index contributed by atoms with van der Waals surface area (Å²) in [5.41, 5.74) is 1.36. The van der Waals surface area contributed by atoms with Crippen molar-refractivity contribution in [1.82, 2.24) is 4.90 Å². The van der Waals surface area contributed by atoms with Crippen molar-refractivity contribution in [2.24, 2.45) is 0 Å². The normalized spacial score (nSPS) is 21.9. The van der Waals surface area contributed by atoms with Gasteiger partial charge in [0.25, 0.3) is 0 Å². The van der Waals surface area contributed by atoms with E-state index in [0.717, 1.165) is 10.5 Å². The zero-order chi connectivity index (χ0) is 14.9. The first-order chi connectivity index (χ1) is 9.38. The molecule has 0 bridgehead atoms. The van der Waals surface area contributed by atoms with Crippen molar-refractivity contribution in [3.63, 3.8) is 0 Å². The summed E-state index contributed by atoms with van der Waals surface area (Å²) in [5.74, 6) is -1.13. The van der Waals surface area contributed by atoms with E-state index in [1.54, 1.807) is 18.2 Å². The van der Waals surface area contributed by atoms with Crippen LogP contribution in [0.2, 0.25) is 5.02 Å². The van der Waals surface area contributed by atoms with Gasteiger partial charge < -0.3 is 20.4 Å². The SMILES string of the molecule is Cc1ccc(NC(=O)N2C[C@H](O)C[C@H]2C(=O)O)c(Cl)c1. The van der Waals surface area contributed by atoms with Gasteiger partial charge >= 0.3 is 12.0 Å². The topological polar surface area (TPSA) is 89.9 Å². The second kappa shape index (κ2) is 5.68. The highest BCUT2D eigenvalue weighted by Crippen LogP contribution is 2.25. The molecule has 0 saturated carbocycles. The molecule has 1 aliphatic heterocycles. The van der Waals surface area contributed by atoms with Crippen LogP contribution < -0.4 is 5.32 Å². The summed E-state index contributed by atoms with van der Waals surface area (Å²) in [4.78, 5) is 24.3. The summed E-state index contributed by atoms with van der Waals surface area (Å²) in [6.45, 7) is 1.86. The molecule has 1 saturated heterocycles. The number of nitrogens with zero attached hydrogens (tertiary/aromatic N) is 1. The van der Waals surface area contributed by atoms with Gasteiger partial charge in [0.15, 0.2) is 0 Å². The summed E-state index contributed by atoms with van der Waals surface area (Å²) in [6, 6.07) is 3.53. The first-order valence-corrected chi connectivity index (χ1v) is 6.51. The maximum atomic E-state index is 12.1. The molecule has 108 valence electrons. The number of carbonyl (C=O) groups is 2. The van der Waals surface area contributed by atoms with Crippen LogP contribution >= 0.6 is 11.6 Å². The Kier molecular flexibility index (Phi) is 4.15. The molecule has 2 amide bonds. The summed E-state index contributed by atoms with van der Waals surface area (Å²) >= 11 is 6.01. The van der Waals surface area contributed by atoms with Crippen molar-refractivity contribution in [2.45, 2.75) is 25.5 Å². The van der Waals surface area contributed by atoms with Gasteiger partial charge in [-0.2, -0.15) is 0 Å². The second-order valence-corrected chi connectivity index (χ2v) is 5.22. The van der Waals surface area contributed by atoms with Crippen LogP contribution in [-0.4, -0.2) is 45.8 Å². The van der Waals surface area contributed by atoms with Gasteiger partial charge in [-0.25, -0.2) is 9.59 Å². The highest BCUT2D eigenvalue weighted by Gasteiger charge is 2.39. The molecule has 20 heavy (non-hydrogen) atoms. The van der Waals surface area contributed by atoms with Gasteiger partial charge in [0, 0.05) is 13.0 Å². The molecular formula is C13H15ClN2O4. The number of amides is 2. The van der Waals surface area contributed by atoms with Crippen molar-refractivity contribution >= 4 is 29.3 Å². The van der Waals surface area contributed by atoms with E-state index in [1.165, 1.54) is 0 Å². The maximum absolute atomic E-state index is 12.1. The molecule has 1 aliphatic rings. The quantitative estimate of drug-likeness (QED) is 0.775. The molecule has 0 spiro atoms. The summed E-state index contributed by atoms with van der Waals surface area (Å²) < 4.78 is 0. The summed E-state index contributed by atoms with van der Waals surface area (Å²) in [6.07, 6.45) is -0.792. The number of carbonyl (C=O) groups excluding carboxylic acids is 1. The Labute approximate surface area is 121 Å². The fraction of sp³-hybridized carbons (Fsp3) is 0.385. The minimum atomic E-state index is -1.13. The monoisotopic (exact) mass is 298 g/mol. The molecule has 0 aromatic heterocycles. The highest BCUT2D eigenvalue weighted by atomic mass is 35.5. The largest absolute Gasteiger partial charge is 0.480 e. The van der Waals surface area contributed by atoms with E-state index in [2.05, 4.69) is 5.32 Å². The third-order valence-electron chi connectivity index (χ3n) is 3.19. The highest BCUT2D eigenvalue weighted by molar-refractivity contribution is 6.33. The molecule has 2 rings (SSSR count). The van der Waals surface area contributed by atoms with E-state index >= 15 is 0 Å². The predicted molar refractivity (Wildman–Crippen MR) is 74.0 cm³/mol. The predicted octanol–water partition coefficient (Wildman–Crippen LogP) is 1.70. The van der Waals surface area contributed by atoms with Crippen LogP contribution in [-0.2, 0) is 4.79 Å². The lowest BCUT2D eigenvalue weighted by atomic mass is 10.2. The lowest BCUT2D eigenvalue weighted by molar-refractivity contribution is -0.141.